The van der Waals surface area contributed by atoms with E-state index in [-0.39, 0.29) is 5.82 Å². The van der Waals surface area contributed by atoms with Gasteiger partial charge in [-0.2, -0.15) is 5.26 Å². The summed E-state index contributed by atoms with van der Waals surface area (Å²) < 4.78 is 24.6. The average molecular weight is 350 g/mol. The second-order valence-electron chi connectivity index (χ2n) is 4.23. The van der Waals surface area contributed by atoms with E-state index < -0.39 is 0 Å². The molecule has 2 rings (SSSR count). The predicted molar refractivity (Wildman–Crippen MR) is 80.9 cm³/mol. The number of benzene rings is 2. The molecular formula is C16H13BrFNO2. The Morgan fingerprint density at radius 3 is 2.48 bits per heavy atom. The third-order valence-corrected chi connectivity index (χ3v) is 3.32. The van der Waals surface area contributed by atoms with Crippen molar-refractivity contribution in [1.82, 2.24) is 0 Å². The van der Waals surface area contributed by atoms with Gasteiger partial charge in [-0.25, -0.2) is 4.39 Å². The van der Waals surface area contributed by atoms with Crippen molar-refractivity contribution in [2.45, 2.75) is 6.42 Å². The first-order valence-corrected chi connectivity index (χ1v) is 7.20. The van der Waals surface area contributed by atoms with E-state index in [0.29, 0.717) is 41.2 Å². The van der Waals surface area contributed by atoms with E-state index in [9.17, 15) is 4.39 Å². The van der Waals surface area contributed by atoms with Crippen LogP contribution in [0, 0.1) is 17.1 Å². The molecule has 0 aliphatic heterocycles. The number of hydrogen-bond donors (Lipinski definition) is 0. The molecule has 0 bridgehead atoms. The molecule has 21 heavy (non-hydrogen) atoms. The maximum atomic E-state index is 12.9. The number of halogens is 2. The maximum absolute atomic E-state index is 12.9. The zero-order valence-electron chi connectivity index (χ0n) is 11.2. The maximum Gasteiger partial charge on any atom is 0.137 e. The lowest BCUT2D eigenvalue weighted by Gasteiger charge is -2.10. The standard InChI is InChI=1S/C16H13BrFNO2/c17-14-10-13(18)6-7-16(14)21-9-3-8-20-15-5-2-1-4-12(15)11-19/h1-2,4-7,10H,3,8-9H2. The van der Waals surface area contributed by atoms with E-state index in [4.69, 9.17) is 14.7 Å². The minimum atomic E-state index is -0.314. The fourth-order valence-electron chi connectivity index (χ4n) is 1.70. The van der Waals surface area contributed by atoms with Gasteiger partial charge in [-0.05, 0) is 46.3 Å². The van der Waals surface area contributed by atoms with Crippen LogP contribution in [0.2, 0.25) is 0 Å². The summed E-state index contributed by atoms with van der Waals surface area (Å²) in [4.78, 5) is 0. The van der Waals surface area contributed by atoms with Crippen molar-refractivity contribution in [2.75, 3.05) is 13.2 Å². The van der Waals surface area contributed by atoms with E-state index in [1.165, 1.54) is 12.1 Å². The molecule has 0 saturated heterocycles. The molecule has 0 unspecified atom stereocenters. The van der Waals surface area contributed by atoms with Gasteiger partial charge in [0.1, 0.15) is 23.4 Å². The van der Waals surface area contributed by atoms with Gasteiger partial charge in [-0.15, -0.1) is 0 Å². The second-order valence-corrected chi connectivity index (χ2v) is 5.09. The van der Waals surface area contributed by atoms with Crippen LogP contribution in [0.1, 0.15) is 12.0 Å². The average Bonchev–Trinajstić information content (AvgIpc) is 2.49. The Labute approximate surface area is 131 Å². The largest absolute Gasteiger partial charge is 0.492 e. The van der Waals surface area contributed by atoms with Crippen molar-refractivity contribution in [2.24, 2.45) is 0 Å². The summed E-state index contributed by atoms with van der Waals surface area (Å²) in [6, 6.07) is 13.4. The Kier molecular flexibility index (Phi) is 5.59. The lowest BCUT2D eigenvalue weighted by molar-refractivity contribution is 0.246. The van der Waals surface area contributed by atoms with Crippen molar-refractivity contribution < 1.29 is 13.9 Å². The quantitative estimate of drug-likeness (QED) is 0.729. The molecule has 5 heteroatoms. The lowest BCUT2D eigenvalue weighted by atomic mass is 10.2. The summed E-state index contributed by atoms with van der Waals surface area (Å²) >= 11 is 3.24. The van der Waals surface area contributed by atoms with Crippen LogP contribution in [0.25, 0.3) is 0 Å². The summed E-state index contributed by atoms with van der Waals surface area (Å²) in [6.07, 6.45) is 0.656. The Balaban J connectivity index is 1.76. The van der Waals surface area contributed by atoms with E-state index in [0.717, 1.165) is 0 Å². The molecule has 0 fully saturated rings. The van der Waals surface area contributed by atoms with E-state index in [1.807, 2.05) is 6.07 Å². The number of rotatable bonds is 6. The van der Waals surface area contributed by atoms with Gasteiger partial charge in [-0.1, -0.05) is 12.1 Å². The summed E-state index contributed by atoms with van der Waals surface area (Å²) in [5.41, 5.74) is 0.514. The number of nitrogens with zero attached hydrogens (tertiary/aromatic N) is 1. The number of hydrogen-bond acceptors (Lipinski definition) is 3. The first-order valence-electron chi connectivity index (χ1n) is 6.40. The highest BCUT2D eigenvalue weighted by molar-refractivity contribution is 9.10. The molecule has 0 radical (unpaired) electrons. The molecule has 0 heterocycles. The highest BCUT2D eigenvalue weighted by Gasteiger charge is 2.03. The molecule has 0 aliphatic rings. The number of nitriles is 1. The van der Waals surface area contributed by atoms with Gasteiger partial charge in [0.25, 0.3) is 0 Å². The first kappa shape index (κ1) is 15.3. The van der Waals surface area contributed by atoms with Crippen molar-refractivity contribution in [1.29, 1.82) is 5.26 Å². The minimum absolute atomic E-state index is 0.314. The van der Waals surface area contributed by atoms with E-state index >= 15 is 0 Å². The molecule has 0 saturated carbocycles. The van der Waals surface area contributed by atoms with E-state index in [2.05, 4.69) is 22.0 Å². The van der Waals surface area contributed by atoms with Crippen LogP contribution in [0.5, 0.6) is 11.5 Å². The van der Waals surface area contributed by atoms with Crippen LogP contribution in [-0.4, -0.2) is 13.2 Å². The molecule has 2 aromatic carbocycles. The Hall–Kier alpha value is -2.06. The number of para-hydroxylation sites is 1. The van der Waals surface area contributed by atoms with Gasteiger partial charge < -0.3 is 9.47 Å². The van der Waals surface area contributed by atoms with Crippen LogP contribution in [-0.2, 0) is 0 Å². The molecule has 0 atom stereocenters. The summed E-state index contributed by atoms with van der Waals surface area (Å²) in [5, 5.41) is 8.93. The third-order valence-electron chi connectivity index (χ3n) is 2.71. The van der Waals surface area contributed by atoms with Crippen molar-refractivity contribution in [3.8, 4) is 17.6 Å². The topological polar surface area (TPSA) is 42.2 Å². The molecule has 0 spiro atoms. The van der Waals surface area contributed by atoms with Gasteiger partial charge in [0.05, 0.1) is 23.2 Å². The first-order chi connectivity index (χ1) is 10.2. The van der Waals surface area contributed by atoms with Crippen LogP contribution in [0.3, 0.4) is 0 Å². The van der Waals surface area contributed by atoms with Gasteiger partial charge in [0, 0.05) is 6.42 Å². The molecule has 0 N–H and O–H groups in total. The van der Waals surface area contributed by atoms with Gasteiger partial charge in [0.2, 0.25) is 0 Å². The lowest BCUT2D eigenvalue weighted by Crippen LogP contribution is -2.06. The molecule has 2 aromatic rings. The molecule has 0 aliphatic carbocycles. The van der Waals surface area contributed by atoms with E-state index in [1.54, 1.807) is 24.3 Å². The van der Waals surface area contributed by atoms with Crippen molar-refractivity contribution in [3.05, 3.63) is 58.3 Å². The Morgan fingerprint density at radius 1 is 1.05 bits per heavy atom. The highest BCUT2D eigenvalue weighted by atomic mass is 79.9. The molecule has 0 amide bonds. The van der Waals surface area contributed by atoms with Crippen LogP contribution >= 0.6 is 15.9 Å². The predicted octanol–water partition coefficient (Wildman–Crippen LogP) is 4.31. The zero-order valence-corrected chi connectivity index (χ0v) is 12.8. The molecule has 0 aromatic heterocycles. The van der Waals surface area contributed by atoms with Gasteiger partial charge in [0.15, 0.2) is 0 Å². The highest BCUT2D eigenvalue weighted by Crippen LogP contribution is 2.25. The molecular weight excluding hydrogens is 337 g/mol. The summed E-state index contributed by atoms with van der Waals surface area (Å²) in [6.45, 7) is 0.885. The summed E-state index contributed by atoms with van der Waals surface area (Å²) in [7, 11) is 0. The van der Waals surface area contributed by atoms with Crippen LogP contribution in [0.15, 0.2) is 46.9 Å². The van der Waals surface area contributed by atoms with Crippen molar-refractivity contribution >= 4 is 15.9 Å². The fraction of sp³-hybridized carbons (Fsp3) is 0.188. The smallest absolute Gasteiger partial charge is 0.137 e. The minimum Gasteiger partial charge on any atom is -0.492 e. The normalized spacial score (nSPS) is 9.95. The van der Waals surface area contributed by atoms with Gasteiger partial charge >= 0.3 is 0 Å². The molecule has 108 valence electrons. The SMILES string of the molecule is N#Cc1ccccc1OCCCOc1ccc(F)cc1Br. The zero-order chi connectivity index (χ0) is 15.1. The Morgan fingerprint density at radius 2 is 1.76 bits per heavy atom. The van der Waals surface area contributed by atoms with Crippen LogP contribution in [0.4, 0.5) is 4.39 Å². The van der Waals surface area contributed by atoms with Crippen LogP contribution < -0.4 is 9.47 Å². The number of ether oxygens (including phenoxy) is 2. The fourth-order valence-corrected chi connectivity index (χ4v) is 2.17. The van der Waals surface area contributed by atoms with Gasteiger partial charge in [-0.3, -0.25) is 0 Å². The molecule has 3 nitrogen and oxygen atoms in total. The van der Waals surface area contributed by atoms with Crippen molar-refractivity contribution in [3.63, 3.8) is 0 Å². The summed E-state index contributed by atoms with van der Waals surface area (Å²) in [5.74, 6) is 0.849. The Bertz CT molecular complexity index is 655. The monoisotopic (exact) mass is 349 g/mol. The third kappa shape index (κ3) is 4.47. The second kappa shape index (κ2) is 7.65.